The number of halogens is 1. The predicted octanol–water partition coefficient (Wildman–Crippen LogP) is 1.83. The van der Waals surface area contributed by atoms with Crippen molar-refractivity contribution in [1.29, 1.82) is 0 Å². The van der Waals surface area contributed by atoms with Crippen LogP contribution in [0.2, 0.25) is 0 Å². The number of benzene rings is 1. The second-order valence-electron chi connectivity index (χ2n) is 4.96. The zero-order valence-corrected chi connectivity index (χ0v) is 13.6. The molecule has 1 aromatic rings. The number of hydrogen-bond acceptors (Lipinski definition) is 5. The van der Waals surface area contributed by atoms with Crippen LogP contribution in [0.4, 0.5) is 0 Å². The Hall–Kier alpha value is -0.790. The minimum Gasteiger partial charge on any atom is -0.503 e. The van der Waals surface area contributed by atoms with Crippen molar-refractivity contribution in [2.45, 2.75) is 25.4 Å². The lowest BCUT2D eigenvalue weighted by atomic mass is 10.1. The number of sulfone groups is 1. The maximum Gasteiger partial charge on any atom is 0.172 e. The van der Waals surface area contributed by atoms with Gasteiger partial charge in [0, 0.05) is 12.6 Å². The number of hydrogen-bond donors (Lipinski definition) is 2. The first-order chi connectivity index (χ1) is 9.41. The summed E-state index contributed by atoms with van der Waals surface area (Å²) in [5.74, 6) is 0.955. The first-order valence-electron chi connectivity index (χ1n) is 6.40. The maximum atomic E-state index is 11.6. The molecule has 1 aliphatic rings. The van der Waals surface area contributed by atoms with Gasteiger partial charge in [0.1, 0.15) is 0 Å². The Kier molecular flexibility index (Phi) is 4.93. The maximum absolute atomic E-state index is 11.6. The van der Waals surface area contributed by atoms with Gasteiger partial charge in [-0.15, -0.1) is 0 Å². The highest BCUT2D eigenvalue weighted by Crippen LogP contribution is 2.35. The Morgan fingerprint density at radius 3 is 2.90 bits per heavy atom. The standard InChI is InChI=1S/C13H18BrNO4S/c1-19-12-6-9(5-11(14)13(12)16)7-15-10-3-2-4-20(17,18)8-10/h5-6,10,15-16H,2-4,7-8H2,1H3. The van der Waals surface area contributed by atoms with Crippen LogP contribution >= 0.6 is 15.9 Å². The van der Waals surface area contributed by atoms with Gasteiger partial charge in [0.05, 0.1) is 23.1 Å². The number of ether oxygens (including phenoxy) is 1. The topological polar surface area (TPSA) is 75.6 Å². The van der Waals surface area contributed by atoms with Gasteiger partial charge < -0.3 is 15.2 Å². The van der Waals surface area contributed by atoms with E-state index >= 15 is 0 Å². The molecule has 1 aromatic carbocycles. The molecule has 1 unspecified atom stereocenters. The van der Waals surface area contributed by atoms with Crippen LogP contribution < -0.4 is 10.1 Å². The first kappa shape index (κ1) is 15.6. The van der Waals surface area contributed by atoms with E-state index in [1.165, 1.54) is 7.11 Å². The van der Waals surface area contributed by atoms with Crippen LogP contribution in [0, 0.1) is 0 Å². The minimum absolute atomic E-state index is 0.00711. The zero-order valence-electron chi connectivity index (χ0n) is 11.2. The van der Waals surface area contributed by atoms with E-state index < -0.39 is 9.84 Å². The van der Waals surface area contributed by atoms with Crippen molar-refractivity contribution in [3.8, 4) is 11.5 Å². The van der Waals surface area contributed by atoms with Crippen LogP contribution in [0.15, 0.2) is 16.6 Å². The monoisotopic (exact) mass is 363 g/mol. The summed E-state index contributed by atoms with van der Waals surface area (Å²) in [6, 6.07) is 3.53. The van der Waals surface area contributed by atoms with E-state index in [-0.39, 0.29) is 17.5 Å². The molecule has 0 aliphatic carbocycles. The van der Waals surface area contributed by atoms with E-state index in [2.05, 4.69) is 21.2 Å². The molecule has 20 heavy (non-hydrogen) atoms. The number of aromatic hydroxyl groups is 1. The van der Waals surface area contributed by atoms with E-state index in [0.29, 0.717) is 28.9 Å². The number of phenolic OH excluding ortho intramolecular Hbond substituents is 1. The fourth-order valence-corrected chi connectivity index (χ4v) is 4.49. The molecular weight excluding hydrogens is 346 g/mol. The number of methoxy groups -OCH3 is 1. The molecule has 1 heterocycles. The summed E-state index contributed by atoms with van der Waals surface area (Å²) in [5.41, 5.74) is 0.925. The molecule has 0 aromatic heterocycles. The van der Waals surface area contributed by atoms with E-state index in [9.17, 15) is 13.5 Å². The highest BCUT2D eigenvalue weighted by Gasteiger charge is 2.24. The van der Waals surface area contributed by atoms with Crippen LogP contribution in [0.1, 0.15) is 18.4 Å². The molecule has 7 heteroatoms. The third-order valence-corrected chi connectivity index (χ3v) is 5.79. The van der Waals surface area contributed by atoms with Gasteiger partial charge in [-0.2, -0.15) is 0 Å². The van der Waals surface area contributed by atoms with Gasteiger partial charge in [-0.05, 0) is 46.5 Å². The first-order valence-corrected chi connectivity index (χ1v) is 9.02. The summed E-state index contributed by atoms with van der Waals surface area (Å²) in [4.78, 5) is 0. The Morgan fingerprint density at radius 2 is 2.25 bits per heavy atom. The van der Waals surface area contributed by atoms with Crippen molar-refractivity contribution >= 4 is 25.8 Å². The van der Waals surface area contributed by atoms with Crippen molar-refractivity contribution in [2.75, 3.05) is 18.6 Å². The van der Waals surface area contributed by atoms with Gasteiger partial charge in [0.15, 0.2) is 21.3 Å². The molecule has 2 N–H and O–H groups in total. The molecule has 0 radical (unpaired) electrons. The van der Waals surface area contributed by atoms with Crippen molar-refractivity contribution in [2.24, 2.45) is 0 Å². The van der Waals surface area contributed by atoms with E-state index in [1.807, 2.05) is 0 Å². The molecule has 1 aliphatic heterocycles. The van der Waals surface area contributed by atoms with E-state index in [0.717, 1.165) is 12.0 Å². The van der Waals surface area contributed by atoms with Gasteiger partial charge >= 0.3 is 0 Å². The smallest absolute Gasteiger partial charge is 0.172 e. The summed E-state index contributed by atoms with van der Waals surface area (Å²) < 4.78 is 28.8. The van der Waals surface area contributed by atoms with Crippen LogP contribution in [0.25, 0.3) is 0 Å². The van der Waals surface area contributed by atoms with E-state index in [1.54, 1.807) is 12.1 Å². The van der Waals surface area contributed by atoms with Crippen LogP contribution in [0.5, 0.6) is 11.5 Å². The lowest BCUT2D eigenvalue weighted by molar-refractivity contribution is 0.371. The molecule has 1 atom stereocenters. The molecule has 5 nitrogen and oxygen atoms in total. The number of nitrogens with one attached hydrogen (secondary N) is 1. The van der Waals surface area contributed by atoms with Gasteiger partial charge in [-0.3, -0.25) is 0 Å². The average Bonchev–Trinajstić information content (AvgIpc) is 2.39. The molecule has 1 fully saturated rings. The largest absolute Gasteiger partial charge is 0.503 e. The molecule has 112 valence electrons. The molecule has 0 amide bonds. The summed E-state index contributed by atoms with van der Waals surface area (Å²) in [5, 5.41) is 13.0. The highest BCUT2D eigenvalue weighted by molar-refractivity contribution is 9.10. The zero-order chi connectivity index (χ0) is 14.8. The van der Waals surface area contributed by atoms with Gasteiger partial charge in [0.2, 0.25) is 0 Å². The third kappa shape index (κ3) is 3.86. The van der Waals surface area contributed by atoms with Gasteiger partial charge in [0.25, 0.3) is 0 Å². The number of rotatable bonds is 4. The fourth-order valence-electron chi connectivity index (χ4n) is 2.33. The summed E-state index contributed by atoms with van der Waals surface area (Å²) in [6.07, 6.45) is 1.58. The summed E-state index contributed by atoms with van der Waals surface area (Å²) in [6.45, 7) is 0.537. The molecule has 2 rings (SSSR count). The normalized spacial score (nSPS) is 21.6. The highest BCUT2D eigenvalue weighted by atomic mass is 79.9. The summed E-state index contributed by atoms with van der Waals surface area (Å²) in [7, 11) is -1.41. The number of phenols is 1. The molecule has 0 spiro atoms. The Balaban J connectivity index is 2.02. The lowest BCUT2D eigenvalue weighted by Crippen LogP contribution is -2.39. The Bertz CT molecular complexity index is 588. The molecular formula is C13H18BrNO4S. The molecule has 1 saturated heterocycles. The van der Waals surface area contributed by atoms with Crippen LogP contribution in [-0.4, -0.2) is 38.2 Å². The average molecular weight is 364 g/mol. The fraction of sp³-hybridized carbons (Fsp3) is 0.538. The minimum atomic E-state index is -2.90. The third-order valence-electron chi connectivity index (χ3n) is 3.37. The van der Waals surface area contributed by atoms with Crippen molar-refractivity contribution < 1.29 is 18.3 Å². The van der Waals surface area contributed by atoms with Crippen molar-refractivity contribution in [3.05, 3.63) is 22.2 Å². The van der Waals surface area contributed by atoms with Crippen molar-refractivity contribution in [1.82, 2.24) is 5.32 Å². The van der Waals surface area contributed by atoms with E-state index in [4.69, 9.17) is 4.74 Å². The quantitative estimate of drug-likeness (QED) is 0.853. The molecule has 0 saturated carbocycles. The lowest BCUT2D eigenvalue weighted by Gasteiger charge is -2.23. The second-order valence-corrected chi connectivity index (χ2v) is 8.05. The van der Waals surface area contributed by atoms with Gasteiger partial charge in [-0.25, -0.2) is 8.42 Å². The summed E-state index contributed by atoms with van der Waals surface area (Å²) >= 11 is 3.27. The molecule has 0 bridgehead atoms. The van der Waals surface area contributed by atoms with Crippen LogP contribution in [-0.2, 0) is 16.4 Å². The predicted molar refractivity (Wildman–Crippen MR) is 80.9 cm³/mol. The van der Waals surface area contributed by atoms with Crippen molar-refractivity contribution in [3.63, 3.8) is 0 Å². The Morgan fingerprint density at radius 1 is 1.50 bits per heavy atom. The SMILES string of the molecule is COc1cc(CNC2CCCS(=O)(=O)C2)cc(Br)c1O. The van der Waals surface area contributed by atoms with Crippen LogP contribution in [0.3, 0.4) is 0 Å². The van der Waals surface area contributed by atoms with Gasteiger partial charge in [-0.1, -0.05) is 0 Å². The second kappa shape index (κ2) is 6.32. The Labute approximate surface area is 127 Å².